The summed E-state index contributed by atoms with van der Waals surface area (Å²) < 4.78 is 11.0. The fourth-order valence-electron chi connectivity index (χ4n) is 1.72. The van der Waals surface area contributed by atoms with Gasteiger partial charge in [0.05, 0.1) is 0 Å². The molecule has 0 heterocycles. The molecular formula is C17H19NO3S. The van der Waals surface area contributed by atoms with Crippen LogP contribution in [0.5, 0.6) is 17.2 Å². The zero-order valence-electron chi connectivity index (χ0n) is 12.9. The molecule has 2 aromatic rings. The predicted octanol–water partition coefficient (Wildman–Crippen LogP) is 4.65. The van der Waals surface area contributed by atoms with E-state index in [1.165, 1.54) is 4.90 Å². The number of rotatable bonds is 5. The van der Waals surface area contributed by atoms with Crippen LogP contribution in [0, 0.1) is 0 Å². The number of nitrogens with zero attached hydrogens (tertiary/aromatic N) is 1. The summed E-state index contributed by atoms with van der Waals surface area (Å²) in [5, 5.41) is 0. The van der Waals surface area contributed by atoms with Crippen LogP contribution in [0.4, 0.5) is 4.79 Å². The van der Waals surface area contributed by atoms with Crippen molar-refractivity contribution in [2.24, 2.45) is 0 Å². The van der Waals surface area contributed by atoms with Crippen LogP contribution in [0.25, 0.3) is 0 Å². The number of carbonyl (C=O) groups excluding carboxylic acids is 1. The van der Waals surface area contributed by atoms with Gasteiger partial charge in [-0.1, -0.05) is 19.1 Å². The molecule has 0 radical (unpaired) electrons. The summed E-state index contributed by atoms with van der Waals surface area (Å²) in [6.07, 6.45) is -0.418. The van der Waals surface area contributed by atoms with Crippen LogP contribution >= 0.6 is 11.8 Å². The Hall–Kier alpha value is -2.14. The second-order valence-corrected chi connectivity index (χ2v) is 6.08. The first-order valence-electron chi connectivity index (χ1n) is 6.98. The van der Waals surface area contributed by atoms with Gasteiger partial charge in [0.1, 0.15) is 17.2 Å². The summed E-state index contributed by atoms with van der Waals surface area (Å²) in [4.78, 5) is 14.1. The topological polar surface area (TPSA) is 38.8 Å². The van der Waals surface area contributed by atoms with E-state index >= 15 is 0 Å². The van der Waals surface area contributed by atoms with Gasteiger partial charge in [0.25, 0.3) is 0 Å². The van der Waals surface area contributed by atoms with Gasteiger partial charge >= 0.3 is 6.09 Å². The van der Waals surface area contributed by atoms with Crippen molar-refractivity contribution in [1.82, 2.24) is 4.90 Å². The number of carbonyl (C=O) groups is 1. The summed E-state index contributed by atoms with van der Waals surface area (Å²) in [5.74, 6) is 2.85. The molecule has 0 bridgehead atoms. The lowest BCUT2D eigenvalue weighted by molar-refractivity contribution is 0.172. The molecule has 4 nitrogen and oxygen atoms in total. The quantitative estimate of drug-likeness (QED) is 0.752. The summed E-state index contributed by atoms with van der Waals surface area (Å²) in [7, 11) is 3.28. The Morgan fingerprint density at radius 3 is 2.36 bits per heavy atom. The van der Waals surface area contributed by atoms with E-state index in [1.807, 2.05) is 24.3 Å². The third-order valence-corrected chi connectivity index (χ3v) is 3.60. The van der Waals surface area contributed by atoms with Crippen molar-refractivity contribution in [2.45, 2.75) is 11.8 Å². The Morgan fingerprint density at radius 2 is 1.68 bits per heavy atom. The van der Waals surface area contributed by atoms with Crippen LogP contribution in [-0.2, 0) is 0 Å². The van der Waals surface area contributed by atoms with Gasteiger partial charge in [-0.15, -0.1) is 11.8 Å². The second kappa shape index (κ2) is 7.75. The first-order valence-corrected chi connectivity index (χ1v) is 7.97. The van der Waals surface area contributed by atoms with E-state index in [1.54, 1.807) is 44.1 Å². The molecule has 0 aliphatic carbocycles. The molecule has 116 valence electrons. The van der Waals surface area contributed by atoms with Gasteiger partial charge in [-0.05, 0) is 36.1 Å². The summed E-state index contributed by atoms with van der Waals surface area (Å²) >= 11 is 1.76. The maximum Gasteiger partial charge on any atom is 0.414 e. The van der Waals surface area contributed by atoms with E-state index in [0.29, 0.717) is 11.5 Å². The Morgan fingerprint density at radius 1 is 1.05 bits per heavy atom. The molecule has 22 heavy (non-hydrogen) atoms. The van der Waals surface area contributed by atoms with Gasteiger partial charge in [-0.25, -0.2) is 4.79 Å². The van der Waals surface area contributed by atoms with E-state index in [4.69, 9.17) is 9.47 Å². The fraction of sp³-hybridized carbons (Fsp3) is 0.235. The molecule has 0 saturated carbocycles. The smallest absolute Gasteiger partial charge is 0.414 e. The van der Waals surface area contributed by atoms with Gasteiger partial charge in [-0.2, -0.15) is 0 Å². The van der Waals surface area contributed by atoms with Crippen LogP contribution < -0.4 is 9.47 Å². The average molecular weight is 317 g/mol. The Bertz CT molecular complexity index is 643. The Kier molecular flexibility index (Phi) is 5.72. The normalized spacial score (nSPS) is 10.1. The van der Waals surface area contributed by atoms with Gasteiger partial charge in [0.2, 0.25) is 0 Å². The van der Waals surface area contributed by atoms with Crippen LogP contribution in [0.3, 0.4) is 0 Å². The van der Waals surface area contributed by atoms with Crippen molar-refractivity contribution in [3.8, 4) is 17.2 Å². The zero-order chi connectivity index (χ0) is 15.9. The van der Waals surface area contributed by atoms with E-state index in [2.05, 4.69) is 13.0 Å². The predicted molar refractivity (Wildman–Crippen MR) is 89.1 cm³/mol. The largest absolute Gasteiger partial charge is 0.457 e. The van der Waals surface area contributed by atoms with Crippen molar-refractivity contribution in [1.29, 1.82) is 0 Å². The SMILES string of the molecule is CCSc1cccc(Oc2cccc(OC(=O)N(C)C)c2)c1. The highest BCUT2D eigenvalue weighted by atomic mass is 32.2. The summed E-state index contributed by atoms with van der Waals surface area (Å²) in [5.41, 5.74) is 0. The molecular weight excluding hydrogens is 298 g/mol. The van der Waals surface area contributed by atoms with E-state index in [0.717, 1.165) is 16.4 Å². The minimum atomic E-state index is -0.418. The lowest BCUT2D eigenvalue weighted by Crippen LogP contribution is -2.25. The van der Waals surface area contributed by atoms with Crippen molar-refractivity contribution in [3.63, 3.8) is 0 Å². The van der Waals surface area contributed by atoms with E-state index in [-0.39, 0.29) is 0 Å². The second-order valence-electron chi connectivity index (χ2n) is 4.75. The third kappa shape index (κ3) is 4.70. The summed E-state index contributed by atoms with van der Waals surface area (Å²) in [6, 6.07) is 14.9. The molecule has 0 aliphatic rings. The monoisotopic (exact) mass is 317 g/mol. The maximum absolute atomic E-state index is 11.6. The first-order chi connectivity index (χ1) is 10.6. The number of thioether (sulfide) groups is 1. The summed E-state index contributed by atoms with van der Waals surface area (Å²) in [6.45, 7) is 2.11. The lowest BCUT2D eigenvalue weighted by atomic mass is 10.3. The molecule has 0 aliphatic heterocycles. The molecule has 0 fully saturated rings. The molecule has 0 saturated heterocycles. The fourth-order valence-corrected chi connectivity index (χ4v) is 2.43. The molecule has 0 atom stereocenters. The molecule has 1 amide bonds. The van der Waals surface area contributed by atoms with Crippen molar-refractivity contribution >= 4 is 17.9 Å². The highest BCUT2D eigenvalue weighted by molar-refractivity contribution is 7.99. The number of amides is 1. The molecule has 0 spiro atoms. The maximum atomic E-state index is 11.6. The van der Waals surface area contributed by atoms with Crippen LogP contribution in [0.1, 0.15) is 6.92 Å². The van der Waals surface area contributed by atoms with Crippen LogP contribution in [0.2, 0.25) is 0 Å². The van der Waals surface area contributed by atoms with E-state index in [9.17, 15) is 4.79 Å². The Balaban J connectivity index is 2.10. The molecule has 0 N–H and O–H groups in total. The number of benzene rings is 2. The molecule has 0 aromatic heterocycles. The van der Waals surface area contributed by atoms with Crippen molar-refractivity contribution < 1.29 is 14.3 Å². The van der Waals surface area contributed by atoms with Gasteiger partial charge in [0.15, 0.2) is 0 Å². The minimum Gasteiger partial charge on any atom is -0.457 e. The number of ether oxygens (including phenoxy) is 2. The van der Waals surface area contributed by atoms with E-state index < -0.39 is 6.09 Å². The zero-order valence-corrected chi connectivity index (χ0v) is 13.7. The highest BCUT2D eigenvalue weighted by Crippen LogP contribution is 2.28. The Labute approximate surface area is 135 Å². The molecule has 0 unspecified atom stereocenters. The molecule has 2 aromatic carbocycles. The number of hydrogen-bond acceptors (Lipinski definition) is 4. The van der Waals surface area contributed by atoms with Gasteiger partial charge < -0.3 is 14.4 Å². The van der Waals surface area contributed by atoms with Crippen LogP contribution in [-0.4, -0.2) is 30.8 Å². The molecule has 5 heteroatoms. The highest BCUT2D eigenvalue weighted by Gasteiger charge is 2.08. The average Bonchev–Trinajstić information content (AvgIpc) is 2.48. The van der Waals surface area contributed by atoms with Crippen LogP contribution in [0.15, 0.2) is 53.4 Å². The lowest BCUT2D eigenvalue weighted by Gasteiger charge is -2.12. The van der Waals surface area contributed by atoms with Crippen molar-refractivity contribution in [2.75, 3.05) is 19.8 Å². The first kappa shape index (κ1) is 16.2. The number of hydrogen-bond donors (Lipinski definition) is 0. The molecule has 2 rings (SSSR count). The standard InChI is InChI=1S/C17H19NO3S/c1-4-22-16-10-6-9-15(12-16)20-13-7-5-8-14(11-13)21-17(19)18(2)3/h5-12H,4H2,1-3H3. The minimum absolute atomic E-state index is 0.418. The van der Waals surface area contributed by atoms with Crippen molar-refractivity contribution in [3.05, 3.63) is 48.5 Å². The third-order valence-electron chi connectivity index (χ3n) is 2.73. The van der Waals surface area contributed by atoms with Gasteiger partial charge in [0, 0.05) is 25.1 Å². The van der Waals surface area contributed by atoms with Gasteiger partial charge in [-0.3, -0.25) is 0 Å².